The second-order valence-corrected chi connectivity index (χ2v) is 2.03. The van der Waals surface area contributed by atoms with Crippen LogP contribution in [0.25, 0.3) is 0 Å². The maximum absolute atomic E-state index is 10.9. The molecule has 0 aromatic carbocycles. The first kappa shape index (κ1) is 6.81. The molecule has 0 aliphatic heterocycles. The molecule has 10 heavy (non-hydrogen) atoms. The zero-order chi connectivity index (χ0) is 7.40. The molecule has 2 heteroatoms. The molecular weight excluding hydrogens is 126 g/mol. The molecule has 0 unspecified atom stereocenters. The average Bonchev–Trinajstić information content (AvgIpc) is 1.94. The summed E-state index contributed by atoms with van der Waals surface area (Å²) >= 11 is 0. The van der Waals surface area contributed by atoms with Gasteiger partial charge in [-0.1, -0.05) is 6.08 Å². The predicted molar refractivity (Wildman–Crippen MR) is 41.0 cm³/mol. The SMILES string of the molecule is C=CCc1c[nH]ccc1=O. The normalized spacial score (nSPS) is 9.20. The molecule has 1 aromatic heterocycles. The molecule has 1 rings (SSSR count). The molecule has 2 nitrogen and oxygen atoms in total. The maximum Gasteiger partial charge on any atom is 0.185 e. The van der Waals surface area contributed by atoms with Crippen molar-refractivity contribution < 1.29 is 0 Å². The van der Waals surface area contributed by atoms with E-state index in [1.165, 1.54) is 6.07 Å². The Morgan fingerprint density at radius 3 is 3.10 bits per heavy atom. The molecule has 1 N–H and O–H groups in total. The van der Waals surface area contributed by atoms with E-state index in [9.17, 15) is 4.79 Å². The monoisotopic (exact) mass is 135 g/mol. The number of aromatic amines is 1. The minimum absolute atomic E-state index is 0.0682. The van der Waals surface area contributed by atoms with Gasteiger partial charge in [0.25, 0.3) is 0 Å². The summed E-state index contributed by atoms with van der Waals surface area (Å²) in [6, 6.07) is 1.51. The Bertz CT molecular complexity index is 275. The van der Waals surface area contributed by atoms with Gasteiger partial charge < -0.3 is 4.98 Å². The topological polar surface area (TPSA) is 32.9 Å². The maximum atomic E-state index is 10.9. The lowest BCUT2D eigenvalue weighted by Crippen LogP contribution is -2.05. The van der Waals surface area contributed by atoms with Gasteiger partial charge in [0.05, 0.1) is 0 Å². The molecule has 1 aromatic rings. The van der Waals surface area contributed by atoms with Crippen molar-refractivity contribution in [2.24, 2.45) is 0 Å². The van der Waals surface area contributed by atoms with Crippen molar-refractivity contribution in [3.8, 4) is 0 Å². The summed E-state index contributed by atoms with van der Waals surface area (Å²) in [6.45, 7) is 3.54. The number of pyridine rings is 1. The number of allylic oxidation sites excluding steroid dienone is 1. The average molecular weight is 135 g/mol. The highest BCUT2D eigenvalue weighted by Gasteiger charge is 1.91. The third kappa shape index (κ3) is 1.35. The van der Waals surface area contributed by atoms with Gasteiger partial charge in [-0.2, -0.15) is 0 Å². The van der Waals surface area contributed by atoms with Gasteiger partial charge >= 0.3 is 0 Å². The molecule has 0 fully saturated rings. The van der Waals surface area contributed by atoms with Gasteiger partial charge in [0.1, 0.15) is 0 Å². The second kappa shape index (κ2) is 3.01. The first-order valence-corrected chi connectivity index (χ1v) is 3.11. The van der Waals surface area contributed by atoms with Crippen LogP contribution in [0.2, 0.25) is 0 Å². The van der Waals surface area contributed by atoms with E-state index >= 15 is 0 Å². The van der Waals surface area contributed by atoms with Crippen LogP contribution < -0.4 is 5.43 Å². The lowest BCUT2D eigenvalue weighted by atomic mass is 10.2. The summed E-state index contributed by atoms with van der Waals surface area (Å²) in [4.78, 5) is 13.8. The quantitative estimate of drug-likeness (QED) is 0.605. The number of aromatic nitrogens is 1. The Morgan fingerprint density at radius 2 is 2.50 bits per heavy atom. The van der Waals surface area contributed by atoms with Crippen molar-refractivity contribution in [1.29, 1.82) is 0 Å². The molecule has 0 saturated heterocycles. The van der Waals surface area contributed by atoms with Crippen molar-refractivity contribution in [3.05, 3.63) is 46.9 Å². The van der Waals surface area contributed by atoms with E-state index in [1.807, 2.05) is 0 Å². The van der Waals surface area contributed by atoms with Crippen molar-refractivity contribution in [1.82, 2.24) is 4.98 Å². The second-order valence-electron chi connectivity index (χ2n) is 2.03. The Hall–Kier alpha value is -1.31. The summed E-state index contributed by atoms with van der Waals surface area (Å²) < 4.78 is 0. The number of nitrogens with one attached hydrogen (secondary N) is 1. The van der Waals surface area contributed by atoms with Crippen LogP contribution in [-0.2, 0) is 6.42 Å². The van der Waals surface area contributed by atoms with Gasteiger partial charge in [-0.3, -0.25) is 4.79 Å². The molecule has 0 radical (unpaired) electrons. The Morgan fingerprint density at radius 1 is 1.70 bits per heavy atom. The van der Waals surface area contributed by atoms with Crippen LogP contribution in [-0.4, -0.2) is 4.98 Å². The molecule has 1 heterocycles. The van der Waals surface area contributed by atoms with Crippen LogP contribution in [0.4, 0.5) is 0 Å². The van der Waals surface area contributed by atoms with Crippen LogP contribution in [0.15, 0.2) is 35.9 Å². The minimum atomic E-state index is 0.0682. The Kier molecular flexibility index (Phi) is 2.05. The van der Waals surface area contributed by atoms with E-state index in [2.05, 4.69) is 11.6 Å². The van der Waals surface area contributed by atoms with Crippen LogP contribution in [0.5, 0.6) is 0 Å². The van der Waals surface area contributed by atoms with Crippen molar-refractivity contribution in [2.45, 2.75) is 6.42 Å². The fourth-order valence-electron chi connectivity index (χ4n) is 0.766. The third-order valence-electron chi connectivity index (χ3n) is 1.27. The van der Waals surface area contributed by atoms with Gasteiger partial charge in [-0.15, -0.1) is 6.58 Å². The van der Waals surface area contributed by atoms with Crippen LogP contribution in [0.1, 0.15) is 5.56 Å². The highest BCUT2D eigenvalue weighted by molar-refractivity contribution is 5.11. The molecule has 0 amide bonds. The third-order valence-corrected chi connectivity index (χ3v) is 1.27. The molecule has 0 atom stereocenters. The van der Waals surface area contributed by atoms with Gasteiger partial charge in [-0.25, -0.2) is 0 Å². The highest BCUT2D eigenvalue weighted by atomic mass is 16.1. The molecule has 52 valence electrons. The first-order valence-electron chi connectivity index (χ1n) is 3.11. The summed E-state index contributed by atoms with van der Waals surface area (Å²) in [6.07, 6.45) is 5.67. The number of hydrogen-bond acceptors (Lipinski definition) is 1. The van der Waals surface area contributed by atoms with E-state index in [0.29, 0.717) is 6.42 Å². The van der Waals surface area contributed by atoms with Crippen molar-refractivity contribution >= 4 is 0 Å². The van der Waals surface area contributed by atoms with Gasteiger partial charge in [0.2, 0.25) is 0 Å². The number of rotatable bonds is 2. The number of H-pyrrole nitrogens is 1. The number of hydrogen-bond donors (Lipinski definition) is 1. The molecule has 0 spiro atoms. The van der Waals surface area contributed by atoms with E-state index in [1.54, 1.807) is 18.5 Å². The molecule has 0 aliphatic carbocycles. The van der Waals surface area contributed by atoms with E-state index in [0.717, 1.165) is 5.56 Å². The molecular formula is C8H9NO. The van der Waals surface area contributed by atoms with Crippen LogP contribution >= 0.6 is 0 Å². The van der Waals surface area contributed by atoms with Crippen LogP contribution in [0, 0.1) is 0 Å². The minimum Gasteiger partial charge on any atom is -0.367 e. The Balaban J connectivity index is 3.03. The highest BCUT2D eigenvalue weighted by Crippen LogP contribution is 1.88. The predicted octanol–water partition coefficient (Wildman–Crippen LogP) is 1.10. The zero-order valence-corrected chi connectivity index (χ0v) is 5.63. The van der Waals surface area contributed by atoms with E-state index in [4.69, 9.17) is 0 Å². The zero-order valence-electron chi connectivity index (χ0n) is 5.63. The van der Waals surface area contributed by atoms with E-state index < -0.39 is 0 Å². The molecule has 0 saturated carbocycles. The lowest BCUT2D eigenvalue weighted by Gasteiger charge is -1.90. The van der Waals surface area contributed by atoms with Crippen LogP contribution in [0.3, 0.4) is 0 Å². The molecule has 0 bridgehead atoms. The lowest BCUT2D eigenvalue weighted by molar-refractivity contribution is 1.16. The smallest absolute Gasteiger partial charge is 0.185 e. The standard InChI is InChI=1S/C8H9NO/c1-2-3-7-6-9-5-4-8(7)10/h2,4-6H,1,3H2,(H,9,10). The summed E-state index contributed by atoms with van der Waals surface area (Å²) in [7, 11) is 0. The molecule has 0 aliphatic rings. The van der Waals surface area contributed by atoms with Gasteiger partial charge in [0, 0.05) is 24.0 Å². The first-order chi connectivity index (χ1) is 4.84. The summed E-state index contributed by atoms with van der Waals surface area (Å²) in [5, 5.41) is 0. The Labute approximate surface area is 59.2 Å². The van der Waals surface area contributed by atoms with Gasteiger partial charge in [0.15, 0.2) is 5.43 Å². The van der Waals surface area contributed by atoms with Gasteiger partial charge in [-0.05, 0) is 6.42 Å². The summed E-state index contributed by atoms with van der Waals surface area (Å²) in [5.74, 6) is 0. The summed E-state index contributed by atoms with van der Waals surface area (Å²) in [5.41, 5.74) is 0.830. The van der Waals surface area contributed by atoms with E-state index in [-0.39, 0.29) is 5.43 Å². The fraction of sp³-hybridized carbons (Fsp3) is 0.125. The van der Waals surface area contributed by atoms with Crippen molar-refractivity contribution in [2.75, 3.05) is 0 Å². The van der Waals surface area contributed by atoms with Crippen molar-refractivity contribution in [3.63, 3.8) is 0 Å². The largest absolute Gasteiger partial charge is 0.367 e. The fourth-order valence-corrected chi connectivity index (χ4v) is 0.766.